The molecule has 3 atom stereocenters. The molecule has 2 aromatic carbocycles. The molecule has 1 unspecified atom stereocenters. The van der Waals surface area contributed by atoms with Crippen molar-refractivity contribution >= 4 is 35.2 Å². The number of fused-ring (bicyclic) bond motifs is 1. The molecule has 2 aromatic rings. The van der Waals surface area contributed by atoms with Gasteiger partial charge in [0.25, 0.3) is 11.8 Å². The van der Waals surface area contributed by atoms with E-state index < -0.39 is 24.1 Å². The average Bonchev–Trinajstić information content (AvgIpc) is 3.52. The highest BCUT2D eigenvalue weighted by molar-refractivity contribution is 6.04. The van der Waals surface area contributed by atoms with Crippen LogP contribution in [-0.2, 0) is 14.3 Å². The predicted octanol–water partition coefficient (Wildman–Crippen LogP) is 2.38. The maximum absolute atomic E-state index is 13.8. The fourth-order valence-electron chi connectivity index (χ4n) is 5.42. The number of methoxy groups -OCH3 is 1. The molecule has 0 spiro atoms. The molecule has 2 saturated heterocycles. The summed E-state index contributed by atoms with van der Waals surface area (Å²) in [6, 6.07) is 11.2. The van der Waals surface area contributed by atoms with Gasteiger partial charge in [0.15, 0.2) is 5.78 Å². The van der Waals surface area contributed by atoms with Crippen molar-refractivity contribution in [3.8, 4) is 0 Å². The zero-order chi connectivity index (χ0) is 29.1. The maximum Gasteiger partial charge on any atom is 0.337 e. The summed E-state index contributed by atoms with van der Waals surface area (Å²) in [7, 11) is 5.11. The van der Waals surface area contributed by atoms with E-state index in [-0.39, 0.29) is 36.0 Å². The Labute approximate surface area is 234 Å². The minimum absolute atomic E-state index is 0.101. The maximum atomic E-state index is 13.8. The van der Waals surface area contributed by atoms with Crippen molar-refractivity contribution in [2.45, 2.75) is 44.8 Å². The van der Waals surface area contributed by atoms with Gasteiger partial charge < -0.3 is 24.8 Å². The van der Waals surface area contributed by atoms with Crippen LogP contribution in [0.25, 0.3) is 0 Å². The molecule has 2 aliphatic heterocycles. The van der Waals surface area contributed by atoms with Crippen molar-refractivity contribution < 1.29 is 28.7 Å². The monoisotopic (exact) mass is 548 g/mol. The molecule has 1 N–H and O–H groups in total. The number of hydrogen-bond donors (Lipinski definition) is 1. The molecule has 0 radical (unpaired) electrons. The van der Waals surface area contributed by atoms with Crippen molar-refractivity contribution in [2.75, 3.05) is 39.2 Å². The molecule has 2 fully saturated rings. The van der Waals surface area contributed by atoms with Gasteiger partial charge in [-0.05, 0) is 67.3 Å². The van der Waals surface area contributed by atoms with Crippen LogP contribution in [0.4, 0.5) is 5.69 Å². The number of likely N-dealkylation sites (tertiary alicyclic amines) is 2. The summed E-state index contributed by atoms with van der Waals surface area (Å²) >= 11 is 0. The molecule has 3 amide bonds. The Morgan fingerprint density at radius 1 is 0.950 bits per heavy atom. The van der Waals surface area contributed by atoms with E-state index in [4.69, 9.17) is 4.74 Å². The summed E-state index contributed by atoms with van der Waals surface area (Å²) in [5.74, 6) is -1.60. The second-order valence-corrected chi connectivity index (χ2v) is 10.9. The van der Waals surface area contributed by atoms with Crippen LogP contribution in [0.3, 0.4) is 0 Å². The van der Waals surface area contributed by atoms with Crippen LogP contribution in [0, 0.1) is 5.92 Å². The van der Waals surface area contributed by atoms with Gasteiger partial charge in [0.1, 0.15) is 12.1 Å². The standard InChI is InChI=1S/C30H36N4O6/c1-18(2)16-23(31-27(36)19-10-12-22(13-11-19)32(3)4)29(38)33-15-14-24-26(33)25(35)17-34(24)28(37)20-6-8-21(9-7-20)30(39)40-5/h6-13,18,23-24,26H,14-17H2,1-5H3,(H,31,36)/t23?,24-,26+/m1/s1. The Morgan fingerprint density at radius 2 is 1.55 bits per heavy atom. The van der Waals surface area contributed by atoms with Gasteiger partial charge in [-0.2, -0.15) is 0 Å². The van der Waals surface area contributed by atoms with Gasteiger partial charge in [-0.15, -0.1) is 0 Å². The largest absolute Gasteiger partial charge is 0.465 e. The molecule has 0 saturated carbocycles. The number of hydrogen-bond acceptors (Lipinski definition) is 7. The van der Waals surface area contributed by atoms with Crippen LogP contribution in [0.2, 0.25) is 0 Å². The van der Waals surface area contributed by atoms with Crippen LogP contribution in [-0.4, -0.2) is 91.7 Å². The summed E-state index contributed by atoms with van der Waals surface area (Å²) in [6.45, 7) is 4.15. The van der Waals surface area contributed by atoms with Gasteiger partial charge in [-0.3, -0.25) is 19.2 Å². The number of rotatable bonds is 8. The van der Waals surface area contributed by atoms with Crippen LogP contribution >= 0.6 is 0 Å². The number of esters is 1. The molecule has 212 valence electrons. The number of ether oxygens (including phenoxy) is 1. The van der Waals surface area contributed by atoms with E-state index in [1.54, 1.807) is 12.1 Å². The molecule has 4 rings (SSSR count). The molecule has 2 aliphatic rings. The van der Waals surface area contributed by atoms with Crippen LogP contribution < -0.4 is 10.2 Å². The van der Waals surface area contributed by atoms with E-state index in [0.717, 1.165) is 5.69 Å². The van der Waals surface area contributed by atoms with E-state index in [2.05, 4.69) is 5.32 Å². The first-order valence-electron chi connectivity index (χ1n) is 13.4. The van der Waals surface area contributed by atoms with Crippen molar-refractivity contribution in [1.82, 2.24) is 15.1 Å². The van der Waals surface area contributed by atoms with Crippen LogP contribution in [0.15, 0.2) is 48.5 Å². The Balaban J connectivity index is 1.48. The van der Waals surface area contributed by atoms with Crippen molar-refractivity contribution in [1.29, 1.82) is 0 Å². The summed E-state index contributed by atoms with van der Waals surface area (Å²) < 4.78 is 4.70. The predicted molar refractivity (Wildman–Crippen MR) is 149 cm³/mol. The zero-order valence-corrected chi connectivity index (χ0v) is 23.5. The molecule has 10 nitrogen and oxygen atoms in total. The second-order valence-electron chi connectivity index (χ2n) is 10.9. The zero-order valence-electron chi connectivity index (χ0n) is 23.5. The van der Waals surface area contributed by atoms with Crippen molar-refractivity contribution in [2.24, 2.45) is 5.92 Å². The summed E-state index contributed by atoms with van der Waals surface area (Å²) in [5.41, 5.74) is 2.06. The number of carbonyl (C=O) groups excluding carboxylic acids is 5. The van der Waals surface area contributed by atoms with Gasteiger partial charge in [0.2, 0.25) is 5.91 Å². The molecule has 0 aliphatic carbocycles. The third-order valence-electron chi connectivity index (χ3n) is 7.48. The van der Waals surface area contributed by atoms with E-state index in [9.17, 15) is 24.0 Å². The fraction of sp³-hybridized carbons (Fsp3) is 0.433. The Kier molecular flexibility index (Phi) is 8.56. The number of carbonyl (C=O) groups is 5. The van der Waals surface area contributed by atoms with Gasteiger partial charge in [-0.1, -0.05) is 13.8 Å². The lowest BCUT2D eigenvalue weighted by molar-refractivity contribution is -0.138. The van der Waals surface area contributed by atoms with Gasteiger partial charge in [0, 0.05) is 37.5 Å². The van der Waals surface area contributed by atoms with Crippen molar-refractivity contribution in [3.63, 3.8) is 0 Å². The topological polar surface area (TPSA) is 116 Å². The third kappa shape index (κ3) is 5.85. The van der Waals surface area contributed by atoms with Crippen molar-refractivity contribution in [3.05, 3.63) is 65.2 Å². The molecule has 2 heterocycles. The highest BCUT2D eigenvalue weighted by Gasteiger charge is 2.52. The van der Waals surface area contributed by atoms with Gasteiger partial charge >= 0.3 is 5.97 Å². The van der Waals surface area contributed by atoms with Crippen LogP contribution in [0.1, 0.15) is 57.8 Å². The van der Waals surface area contributed by atoms with E-state index >= 15 is 0 Å². The number of ketones is 1. The minimum atomic E-state index is -0.803. The van der Waals surface area contributed by atoms with Gasteiger partial charge in [-0.25, -0.2) is 4.79 Å². The fourth-order valence-corrected chi connectivity index (χ4v) is 5.42. The smallest absolute Gasteiger partial charge is 0.337 e. The van der Waals surface area contributed by atoms with Gasteiger partial charge in [0.05, 0.1) is 25.3 Å². The first kappa shape index (κ1) is 28.8. The summed E-state index contributed by atoms with van der Waals surface area (Å²) in [4.78, 5) is 70.0. The molecule has 0 aromatic heterocycles. The lowest BCUT2D eigenvalue weighted by Gasteiger charge is -2.29. The van der Waals surface area contributed by atoms with E-state index in [1.165, 1.54) is 41.2 Å². The molecular weight excluding hydrogens is 512 g/mol. The van der Waals surface area contributed by atoms with E-state index in [0.29, 0.717) is 36.1 Å². The van der Waals surface area contributed by atoms with Crippen LogP contribution in [0.5, 0.6) is 0 Å². The Hall–Kier alpha value is -4.21. The SMILES string of the molecule is COC(=O)c1ccc(C(=O)N2CC(=O)[C@@H]3[C@H]2CCN3C(=O)C(CC(C)C)NC(=O)c2ccc(N(C)C)cc2)cc1. The summed E-state index contributed by atoms with van der Waals surface area (Å²) in [6.07, 6.45) is 0.875. The number of benzene rings is 2. The molecule has 40 heavy (non-hydrogen) atoms. The Morgan fingerprint density at radius 3 is 2.12 bits per heavy atom. The minimum Gasteiger partial charge on any atom is -0.465 e. The lowest BCUT2D eigenvalue weighted by Crippen LogP contribution is -2.53. The number of nitrogens with zero attached hydrogens (tertiary/aromatic N) is 3. The number of nitrogens with one attached hydrogen (secondary N) is 1. The number of anilines is 1. The number of Topliss-reactive ketones (excluding diaryl/α,β-unsaturated/α-hetero) is 1. The highest BCUT2D eigenvalue weighted by atomic mass is 16.5. The molecular formula is C30H36N4O6. The van der Waals surface area contributed by atoms with E-state index in [1.807, 2.05) is 45.0 Å². The second kappa shape index (κ2) is 11.9. The highest BCUT2D eigenvalue weighted by Crippen LogP contribution is 2.32. The lowest BCUT2D eigenvalue weighted by atomic mass is 10.0. The Bertz CT molecular complexity index is 1290. The first-order chi connectivity index (χ1) is 19.0. The molecule has 10 heteroatoms. The third-order valence-corrected chi connectivity index (χ3v) is 7.48. The quantitative estimate of drug-likeness (QED) is 0.504. The normalized spacial score (nSPS) is 18.9. The first-order valence-corrected chi connectivity index (χ1v) is 13.4. The number of amides is 3. The molecule has 0 bridgehead atoms. The average molecular weight is 549 g/mol. The summed E-state index contributed by atoms with van der Waals surface area (Å²) in [5, 5.41) is 2.89.